The second kappa shape index (κ2) is 5.22. The number of anilines is 1. The minimum Gasteiger partial charge on any atom is -0.398 e. The smallest absolute Gasteiger partial charge is 0.0399 e. The van der Waals surface area contributed by atoms with Crippen molar-refractivity contribution in [3.63, 3.8) is 0 Å². The van der Waals surface area contributed by atoms with Crippen LogP contribution in [0.15, 0.2) is 72.8 Å². The average molecular weight is 259 g/mol. The molecule has 0 aromatic heterocycles. The minimum absolute atomic E-state index is 0.814. The van der Waals surface area contributed by atoms with E-state index < -0.39 is 0 Å². The molecule has 0 atom stereocenters. The second-order valence-corrected chi connectivity index (χ2v) is 5.03. The molecule has 0 heterocycles. The van der Waals surface area contributed by atoms with Crippen molar-refractivity contribution in [1.29, 1.82) is 0 Å². The molecule has 0 unspecified atom stereocenters. The SMILES string of the molecule is Cc1ccc(-c2ccc(-c3ccccc3)c(N)c2)cc1. The Hall–Kier alpha value is -2.54. The molecule has 0 saturated carbocycles. The lowest BCUT2D eigenvalue weighted by atomic mass is 9.98. The van der Waals surface area contributed by atoms with Gasteiger partial charge < -0.3 is 5.73 Å². The Balaban J connectivity index is 2.01. The molecule has 1 nitrogen and oxygen atoms in total. The molecule has 98 valence electrons. The Labute approximate surface area is 119 Å². The van der Waals surface area contributed by atoms with Crippen LogP contribution in [0.2, 0.25) is 0 Å². The van der Waals surface area contributed by atoms with Crippen molar-refractivity contribution >= 4 is 5.69 Å². The van der Waals surface area contributed by atoms with Crippen LogP contribution in [0.4, 0.5) is 5.69 Å². The van der Waals surface area contributed by atoms with Gasteiger partial charge in [0.15, 0.2) is 0 Å². The van der Waals surface area contributed by atoms with E-state index >= 15 is 0 Å². The summed E-state index contributed by atoms with van der Waals surface area (Å²) in [6.45, 7) is 2.09. The van der Waals surface area contributed by atoms with Crippen molar-refractivity contribution in [1.82, 2.24) is 0 Å². The van der Waals surface area contributed by atoms with Gasteiger partial charge in [-0.3, -0.25) is 0 Å². The maximum Gasteiger partial charge on any atom is 0.0399 e. The van der Waals surface area contributed by atoms with Crippen LogP contribution in [0.5, 0.6) is 0 Å². The molecule has 20 heavy (non-hydrogen) atoms. The van der Waals surface area contributed by atoms with Crippen LogP contribution in [-0.4, -0.2) is 0 Å². The molecule has 3 rings (SSSR count). The summed E-state index contributed by atoms with van der Waals surface area (Å²) in [5.74, 6) is 0. The Morgan fingerprint density at radius 3 is 1.95 bits per heavy atom. The molecule has 1 heteroatoms. The fourth-order valence-corrected chi connectivity index (χ4v) is 2.37. The first-order valence-corrected chi connectivity index (χ1v) is 6.76. The number of benzene rings is 3. The monoisotopic (exact) mass is 259 g/mol. The Kier molecular flexibility index (Phi) is 3.26. The van der Waals surface area contributed by atoms with E-state index in [1.54, 1.807) is 0 Å². The normalized spacial score (nSPS) is 10.4. The van der Waals surface area contributed by atoms with E-state index in [1.807, 2.05) is 24.3 Å². The first-order valence-electron chi connectivity index (χ1n) is 6.76. The molecule has 0 aliphatic carbocycles. The van der Waals surface area contributed by atoms with Gasteiger partial charge >= 0.3 is 0 Å². The molecule has 0 bridgehead atoms. The largest absolute Gasteiger partial charge is 0.398 e. The molecule has 0 saturated heterocycles. The minimum atomic E-state index is 0.814. The standard InChI is InChI=1S/C19H17N/c1-14-7-9-15(10-8-14)17-11-12-18(19(20)13-17)16-5-3-2-4-6-16/h2-13H,20H2,1H3. The number of rotatable bonds is 2. The summed E-state index contributed by atoms with van der Waals surface area (Å²) in [5.41, 5.74) is 12.9. The summed E-state index contributed by atoms with van der Waals surface area (Å²) >= 11 is 0. The van der Waals surface area contributed by atoms with Crippen LogP contribution < -0.4 is 5.73 Å². The van der Waals surface area contributed by atoms with Gasteiger partial charge in [0.1, 0.15) is 0 Å². The fourth-order valence-electron chi connectivity index (χ4n) is 2.37. The maximum atomic E-state index is 6.22. The summed E-state index contributed by atoms with van der Waals surface area (Å²) in [7, 11) is 0. The molecule has 2 N–H and O–H groups in total. The van der Waals surface area contributed by atoms with E-state index in [1.165, 1.54) is 11.1 Å². The van der Waals surface area contributed by atoms with Gasteiger partial charge in [0.25, 0.3) is 0 Å². The summed E-state index contributed by atoms with van der Waals surface area (Å²) in [6.07, 6.45) is 0. The van der Waals surface area contributed by atoms with Crippen molar-refractivity contribution < 1.29 is 0 Å². The third-order valence-corrected chi connectivity index (χ3v) is 3.52. The third kappa shape index (κ3) is 2.43. The summed E-state index contributed by atoms with van der Waals surface area (Å²) < 4.78 is 0. The van der Waals surface area contributed by atoms with E-state index in [4.69, 9.17) is 5.73 Å². The Morgan fingerprint density at radius 1 is 0.650 bits per heavy atom. The molecule has 0 spiro atoms. The molecule has 0 fully saturated rings. The zero-order chi connectivity index (χ0) is 13.9. The van der Waals surface area contributed by atoms with Crippen LogP contribution in [0.25, 0.3) is 22.3 Å². The van der Waals surface area contributed by atoms with E-state index in [9.17, 15) is 0 Å². The first kappa shape index (κ1) is 12.5. The number of aryl methyl sites for hydroxylation is 1. The Morgan fingerprint density at radius 2 is 1.30 bits per heavy atom. The summed E-state index contributed by atoms with van der Waals surface area (Å²) in [6, 6.07) is 25.0. The van der Waals surface area contributed by atoms with Crippen LogP contribution in [0, 0.1) is 6.92 Å². The maximum absolute atomic E-state index is 6.22. The predicted octanol–water partition coefficient (Wildman–Crippen LogP) is 4.91. The van der Waals surface area contributed by atoms with Crippen LogP contribution in [0.1, 0.15) is 5.56 Å². The molecular weight excluding hydrogens is 242 g/mol. The highest BCUT2D eigenvalue weighted by Crippen LogP contribution is 2.30. The highest BCUT2D eigenvalue weighted by atomic mass is 14.6. The zero-order valence-electron chi connectivity index (χ0n) is 11.5. The van der Waals surface area contributed by atoms with Crippen molar-refractivity contribution in [2.45, 2.75) is 6.92 Å². The predicted molar refractivity (Wildman–Crippen MR) is 86.5 cm³/mol. The quantitative estimate of drug-likeness (QED) is 0.650. The van der Waals surface area contributed by atoms with Crippen molar-refractivity contribution in [2.75, 3.05) is 5.73 Å². The van der Waals surface area contributed by atoms with E-state index in [-0.39, 0.29) is 0 Å². The average Bonchev–Trinajstić information content (AvgIpc) is 2.49. The molecule has 0 aliphatic rings. The first-order chi connectivity index (χ1) is 9.74. The van der Waals surface area contributed by atoms with Gasteiger partial charge in [0.2, 0.25) is 0 Å². The molecular formula is C19H17N. The lowest BCUT2D eigenvalue weighted by Gasteiger charge is -2.09. The third-order valence-electron chi connectivity index (χ3n) is 3.52. The lowest BCUT2D eigenvalue weighted by molar-refractivity contribution is 1.47. The van der Waals surface area contributed by atoms with Gasteiger partial charge in [-0.15, -0.1) is 0 Å². The van der Waals surface area contributed by atoms with Gasteiger partial charge in [0.05, 0.1) is 0 Å². The molecule has 0 radical (unpaired) electrons. The Bertz CT molecular complexity index is 713. The molecule has 3 aromatic rings. The van der Waals surface area contributed by atoms with Crippen molar-refractivity contribution in [2.24, 2.45) is 0 Å². The summed E-state index contributed by atoms with van der Waals surface area (Å²) in [5, 5.41) is 0. The van der Waals surface area contributed by atoms with Crippen molar-refractivity contribution in [3.8, 4) is 22.3 Å². The van der Waals surface area contributed by atoms with E-state index in [0.29, 0.717) is 0 Å². The number of hydrogen-bond acceptors (Lipinski definition) is 1. The van der Waals surface area contributed by atoms with Gasteiger partial charge in [-0.2, -0.15) is 0 Å². The van der Waals surface area contributed by atoms with Gasteiger partial charge in [0, 0.05) is 11.3 Å². The van der Waals surface area contributed by atoms with E-state index in [2.05, 4.69) is 55.5 Å². The number of hydrogen-bond donors (Lipinski definition) is 1. The second-order valence-electron chi connectivity index (χ2n) is 5.03. The highest BCUT2D eigenvalue weighted by molar-refractivity contribution is 5.81. The van der Waals surface area contributed by atoms with E-state index in [0.717, 1.165) is 22.4 Å². The highest BCUT2D eigenvalue weighted by Gasteiger charge is 2.04. The van der Waals surface area contributed by atoms with Gasteiger partial charge in [-0.25, -0.2) is 0 Å². The zero-order valence-corrected chi connectivity index (χ0v) is 11.5. The van der Waals surface area contributed by atoms with Gasteiger partial charge in [-0.1, -0.05) is 72.3 Å². The number of nitrogens with two attached hydrogens (primary N) is 1. The summed E-state index contributed by atoms with van der Waals surface area (Å²) in [4.78, 5) is 0. The molecule has 3 aromatic carbocycles. The van der Waals surface area contributed by atoms with Crippen LogP contribution >= 0.6 is 0 Å². The topological polar surface area (TPSA) is 26.0 Å². The van der Waals surface area contributed by atoms with Crippen LogP contribution in [-0.2, 0) is 0 Å². The van der Waals surface area contributed by atoms with Gasteiger partial charge in [-0.05, 0) is 29.7 Å². The van der Waals surface area contributed by atoms with Crippen molar-refractivity contribution in [3.05, 3.63) is 78.4 Å². The number of nitrogen functional groups attached to an aromatic ring is 1. The molecule has 0 aliphatic heterocycles. The fraction of sp³-hybridized carbons (Fsp3) is 0.0526. The van der Waals surface area contributed by atoms with Crippen LogP contribution in [0.3, 0.4) is 0 Å². The molecule has 0 amide bonds. The lowest BCUT2D eigenvalue weighted by Crippen LogP contribution is -1.91.